The molecule has 1 aliphatic rings. The fourth-order valence-corrected chi connectivity index (χ4v) is 2.85. The Morgan fingerprint density at radius 2 is 2.18 bits per heavy atom. The van der Waals surface area contributed by atoms with Crippen LogP contribution < -0.4 is 5.14 Å². The summed E-state index contributed by atoms with van der Waals surface area (Å²) in [6.07, 6.45) is 2.59. The molecule has 1 heterocycles. The van der Waals surface area contributed by atoms with Gasteiger partial charge in [-0.3, -0.25) is 0 Å². The summed E-state index contributed by atoms with van der Waals surface area (Å²) >= 11 is 2.88. The van der Waals surface area contributed by atoms with Crippen LogP contribution in [0.5, 0.6) is 0 Å². The Hall–Kier alpha value is -0.860. The van der Waals surface area contributed by atoms with Gasteiger partial charge in [0.1, 0.15) is 11.0 Å². The summed E-state index contributed by atoms with van der Waals surface area (Å²) in [5, 5.41) is 4.94. The minimum Gasteiger partial charge on any atom is -0.457 e. The van der Waals surface area contributed by atoms with Gasteiger partial charge in [-0.1, -0.05) is 0 Å². The predicted octanol–water partition coefficient (Wildman–Crippen LogP) is 1.40. The molecule has 1 saturated carbocycles. The van der Waals surface area contributed by atoms with Crippen molar-refractivity contribution in [2.75, 3.05) is 0 Å². The summed E-state index contributed by atoms with van der Waals surface area (Å²) in [4.78, 5) is 11.3. The van der Waals surface area contributed by atoms with Gasteiger partial charge in [-0.05, 0) is 35.2 Å². The third-order valence-corrected chi connectivity index (χ3v) is 4.26. The number of hydrogen-bond donors (Lipinski definition) is 1. The summed E-state index contributed by atoms with van der Waals surface area (Å²) in [5.74, 6) is -0.849. The molecule has 2 N–H and O–H groups in total. The Morgan fingerprint density at radius 3 is 2.59 bits per heavy atom. The molecule has 2 rings (SSSR count). The van der Waals surface area contributed by atoms with Gasteiger partial charge in [0.25, 0.3) is 0 Å². The van der Waals surface area contributed by atoms with Crippen LogP contribution in [-0.4, -0.2) is 20.5 Å². The van der Waals surface area contributed by atoms with Crippen molar-refractivity contribution in [3.05, 3.63) is 16.5 Å². The molecule has 1 aromatic heterocycles. The lowest BCUT2D eigenvalue weighted by atomic mass is 9.96. The van der Waals surface area contributed by atoms with Crippen LogP contribution in [-0.2, 0) is 14.8 Å². The highest BCUT2D eigenvalue weighted by atomic mass is 79.9. The van der Waals surface area contributed by atoms with E-state index in [0.717, 1.165) is 25.3 Å². The number of primary sulfonamides is 1. The van der Waals surface area contributed by atoms with E-state index in [-0.39, 0.29) is 21.4 Å². The van der Waals surface area contributed by atoms with E-state index in [1.165, 1.54) is 0 Å². The summed E-state index contributed by atoms with van der Waals surface area (Å²) in [5.41, 5.74) is 0. The lowest BCUT2D eigenvalue weighted by Crippen LogP contribution is -2.24. The van der Waals surface area contributed by atoms with Gasteiger partial charge < -0.3 is 9.15 Å². The van der Waals surface area contributed by atoms with Crippen LogP contribution in [0.1, 0.15) is 29.8 Å². The number of ether oxygens (including phenoxy) is 1. The lowest BCUT2D eigenvalue weighted by molar-refractivity contribution is 0.00567. The number of rotatable bonds is 3. The first-order chi connectivity index (χ1) is 7.88. The molecule has 94 valence electrons. The van der Waals surface area contributed by atoms with Crippen LogP contribution in [0.2, 0.25) is 0 Å². The molecule has 0 radical (unpaired) electrons. The summed E-state index contributed by atoms with van der Waals surface area (Å²) < 4.78 is 32.2. The number of carbonyl (C=O) groups is 1. The Morgan fingerprint density at radius 1 is 1.53 bits per heavy atom. The van der Waals surface area contributed by atoms with Crippen molar-refractivity contribution in [1.29, 1.82) is 0 Å². The molecule has 8 heteroatoms. The zero-order chi connectivity index (χ0) is 12.6. The molecular formula is C9H10BrNO5S. The minimum atomic E-state index is -3.91. The van der Waals surface area contributed by atoms with E-state index in [1.807, 2.05) is 0 Å². The van der Waals surface area contributed by atoms with E-state index in [1.54, 1.807) is 0 Å². The average Bonchev–Trinajstić information content (AvgIpc) is 2.53. The maximum atomic E-state index is 11.6. The first kappa shape index (κ1) is 12.6. The molecule has 0 amide bonds. The minimum absolute atomic E-state index is 0.0932. The molecule has 1 aromatic rings. The first-order valence-corrected chi connectivity index (χ1v) is 7.25. The maximum absolute atomic E-state index is 11.6. The SMILES string of the molecule is NS(=O)(=O)c1cc(C(=O)OC2CCC2)oc1Br. The Kier molecular flexibility index (Phi) is 3.28. The molecule has 17 heavy (non-hydrogen) atoms. The molecular weight excluding hydrogens is 314 g/mol. The summed E-state index contributed by atoms with van der Waals surface area (Å²) in [6, 6.07) is 1.06. The fraction of sp³-hybridized carbons (Fsp3) is 0.444. The van der Waals surface area contributed by atoms with Crippen LogP contribution in [0.3, 0.4) is 0 Å². The van der Waals surface area contributed by atoms with E-state index >= 15 is 0 Å². The van der Waals surface area contributed by atoms with Gasteiger partial charge in [0, 0.05) is 6.07 Å². The van der Waals surface area contributed by atoms with E-state index in [2.05, 4.69) is 15.9 Å². The standard InChI is InChI=1S/C9H10BrNO5S/c10-8-7(17(11,13)14)4-6(16-8)9(12)15-5-2-1-3-5/h4-5H,1-3H2,(H2,11,13,14). The zero-order valence-electron chi connectivity index (χ0n) is 8.68. The summed E-state index contributed by atoms with van der Waals surface area (Å²) in [7, 11) is -3.91. The topological polar surface area (TPSA) is 99.6 Å². The predicted molar refractivity (Wildman–Crippen MR) is 60.8 cm³/mol. The molecule has 0 saturated heterocycles. The van der Waals surface area contributed by atoms with Crippen LogP contribution in [0.15, 0.2) is 20.0 Å². The van der Waals surface area contributed by atoms with Gasteiger partial charge in [-0.2, -0.15) is 0 Å². The normalized spacial score (nSPS) is 16.6. The third kappa shape index (κ3) is 2.70. The van der Waals surface area contributed by atoms with Crippen molar-refractivity contribution < 1.29 is 22.4 Å². The molecule has 6 nitrogen and oxygen atoms in total. The second-order valence-electron chi connectivity index (χ2n) is 3.75. The van der Waals surface area contributed by atoms with Crippen LogP contribution in [0.4, 0.5) is 0 Å². The van der Waals surface area contributed by atoms with Crippen LogP contribution >= 0.6 is 15.9 Å². The lowest BCUT2D eigenvalue weighted by Gasteiger charge is -2.24. The molecule has 0 aromatic carbocycles. The molecule has 0 spiro atoms. The van der Waals surface area contributed by atoms with Crippen molar-refractivity contribution in [3.8, 4) is 0 Å². The highest BCUT2D eigenvalue weighted by Crippen LogP contribution is 2.28. The first-order valence-electron chi connectivity index (χ1n) is 4.91. The number of furan rings is 1. The van der Waals surface area contributed by atoms with Crippen molar-refractivity contribution in [3.63, 3.8) is 0 Å². The zero-order valence-corrected chi connectivity index (χ0v) is 11.1. The second kappa shape index (κ2) is 4.43. The largest absolute Gasteiger partial charge is 0.457 e. The van der Waals surface area contributed by atoms with Gasteiger partial charge in [-0.25, -0.2) is 18.4 Å². The molecule has 0 aliphatic heterocycles. The van der Waals surface area contributed by atoms with E-state index in [9.17, 15) is 13.2 Å². The van der Waals surface area contributed by atoms with E-state index < -0.39 is 16.0 Å². The average molecular weight is 324 g/mol. The fourth-order valence-electron chi connectivity index (χ4n) is 1.34. The van der Waals surface area contributed by atoms with Crippen molar-refractivity contribution in [2.24, 2.45) is 5.14 Å². The number of halogens is 1. The van der Waals surface area contributed by atoms with Crippen molar-refractivity contribution >= 4 is 31.9 Å². The highest BCUT2D eigenvalue weighted by Gasteiger charge is 2.27. The highest BCUT2D eigenvalue weighted by molar-refractivity contribution is 9.10. The van der Waals surface area contributed by atoms with Crippen LogP contribution in [0.25, 0.3) is 0 Å². The molecule has 1 aliphatic carbocycles. The quantitative estimate of drug-likeness (QED) is 0.847. The van der Waals surface area contributed by atoms with Gasteiger partial charge in [0.05, 0.1) is 0 Å². The number of esters is 1. The Balaban J connectivity index is 2.19. The van der Waals surface area contributed by atoms with Gasteiger partial charge in [-0.15, -0.1) is 0 Å². The monoisotopic (exact) mass is 323 g/mol. The maximum Gasteiger partial charge on any atom is 0.374 e. The second-order valence-corrected chi connectivity index (χ2v) is 6.00. The molecule has 0 unspecified atom stereocenters. The smallest absolute Gasteiger partial charge is 0.374 e. The molecule has 0 bridgehead atoms. The number of hydrogen-bond acceptors (Lipinski definition) is 5. The number of nitrogens with two attached hydrogens (primary N) is 1. The van der Waals surface area contributed by atoms with Crippen molar-refractivity contribution in [2.45, 2.75) is 30.3 Å². The van der Waals surface area contributed by atoms with Gasteiger partial charge >= 0.3 is 5.97 Å². The molecule has 0 atom stereocenters. The van der Waals surface area contributed by atoms with E-state index in [4.69, 9.17) is 14.3 Å². The van der Waals surface area contributed by atoms with Crippen molar-refractivity contribution in [1.82, 2.24) is 0 Å². The number of sulfonamides is 1. The number of carbonyl (C=O) groups excluding carboxylic acids is 1. The van der Waals surface area contributed by atoms with E-state index in [0.29, 0.717) is 0 Å². The summed E-state index contributed by atoms with van der Waals surface area (Å²) in [6.45, 7) is 0. The third-order valence-electron chi connectivity index (χ3n) is 2.49. The Labute approximate surface area is 106 Å². The Bertz CT molecular complexity index is 546. The van der Waals surface area contributed by atoms with Gasteiger partial charge in [0.15, 0.2) is 4.67 Å². The van der Waals surface area contributed by atoms with Crippen LogP contribution in [0, 0.1) is 0 Å². The molecule has 1 fully saturated rings. The van der Waals surface area contributed by atoms with Gasteiger partial charge in [0.2, 0.25) is 15.8 Å².